The molecule has 0 aromatic carbocycles. The first-order chi connectivity index (χ1) is 7.36. The molecule has 1 aromatic rings. The first kappa shape index (κ1) is 11.1. The van der Waals surface area contributed by atoms with Gasteiger partial charge in [-0.05, 0) is 43.6 Å². The number of hydrogen-bond donors (Lipinski definition) is 1. The van der Waals surface area contributed by atoms with E-state index in [4.69, 9.17) is 10.5 Å². The van der Waals surface area contributed by atoms with Gasteiger partial charge in [0, 0.05) is 17.5 Å². The van der Waals surface area contributed by atoms with Crippen molar-refractivity contribution in [1.29, 1.82) is 0 Å². The predicted octanol–water partition coefficient (Wildman–Crippen LogP) is 3.10. The van der Waals surface area contributed by atoms with Crippen LogP contribution in [0.15, 0.2) is 17.5 Å². The van der Waals surface area contributed by atoms with Crippen molar-refractivity contribution in [2.45, 2.75) is 44.2 Å². The fraction of sp³-hybridized carbons (Fsp3) is 0.667. The first-order valence-electron chi connectivity index (χ1n) is 5.77. The van der Waals surface area contributed by atoms with Crippen molar-refractivity contribution in [2.24, 2.45) is 5.73 Å². The zero-order valence-corrected chi connectivity index (χ0v) is 9.84. The van der Waals surface area contributed by atoms with Crippen LogP contribution in [0, 0.1) is 0 Å². The summed E-state index contributed by atoms with van der Waals surface area (Å²) in [6, 6.07) is 4.39. The SMILES string of the molecule is NC(CCC1CCCCO1)c1cccs1. The van der Waals surface area contributed by atoms with Crippen molar-refractivity contribution >= 4 is 11.3 Å². The maximum atomic E-state index is 6.11. The van der Waals surface area contributed by atoms with Crippen LogP contribution in [0.1, 0.15) is 43.0 Å². The second kappa shape index (κ2) is 5.64. The standard InChI is InChI=1S/C12H19NOS/c13-11(12-5-3-9-15-12)7-6-10-4-1-2-8-14-10/h3,5,9-11H,1-2,4,6-8,13H2. The van der Waals surface area contributed by atoms with Gasteiger partial charge < -0.3 is 10.5 Å². The van der Waals surface area contributed by atoms with E-state index in [0.717, 1.165) is 19.4 Å². The molecule has 3 heteroatoms. The Morgan fingerprint density at radius 1 is 1.53 bits per heavy atom. The molecule has 2 unspecified atom stereocenters. The molecule has 1 aliphatic rings. The summed E-state index contributed by atoms with van der Waals surface area (Å²) in [4.78, 5) is 1.30. The summed E-state index contributed by atoms with van der Waals surface area (Å²) in [5, 5.41) is 2.09. The molecule has 2 rings (SSSR count). The Kier molecular flexibility index (Phi) is 4.18. The highest BCUT2D eigenvalue weighted by Crippen LogP contribution is 2.24. The summed E-state index contributed by atoms with van der Waals surface area (Å²) in [5.74, 6) is 0. The van der Waals surface area contributed by atoms with E-state index in [0.29, 0.717) is 6.10 Å². The van der Waals surface area contributed by atoms with Crippen LogP contribution in [0.2, 0.25) is 0 Å². The minimum absolute atomic E-state index is 0.204. The second-order valence-corrected chi connectivity index (χ2v) is 5.17. The lowest BCUT2D eigenvalue weighted by molar-refractivity contribution is 0.00917. The lowest BCUT2D eigenvalue weighted by atomic mass is 10.0. The maximum Gasteiger partial charge on any atom is 0.0575 e. The van der Waals surface area contributed by atoms with E-state index in [1.807, 2.05) is 0 Å². The second-order valence-electron chi connectivity index (χ2n) is 4.19. The summed E-state index contributed by atoms with van der Waals surface area (Å²) in [5.41, 5.74) is 6.11. The van der Waals surface area contributed by atoms with Crippen LogP contribution in [-0.4, -0.2) is 12.7 Å². The Balaban J connectivity index is 1.73. The highest BCUT2D eigenvalue weighted by molar-refractivity contribution is 7.10. The highest BCUT2D eigenvalue weighted by atomic mass is 32.1. The number of thiophene rings is 1. The van der Waals surface area contributed by atoms with Gasteiger partial charge in [0.15, 0.2) is 0 Å². The van der Waals surface area contributed by atoms with E-state index in [1.54, 1.807) is 11.3 Å². The van der Waals surface area contributed by atoms with Crippen LogP contribution in [0.5, 0.6) is 0 Å². The zero-order valence-electron chi connectivity index (χ0n) is 9.02. The topological polar surface area (TPSA) is 35.2 Å². The molecule has 0 radical (unpaired) electrons. The molecule has 1 aromatic heterocycles. The van der Waals surface area contributed by atoms with Crippen LogP contribution in [0.3, 0.4) is 0 Å². The molecule has 84 valence electrons. The van der Waals surface area contributed by atoms with Gasteiger partial charge in [0.05, 0.1) is 6.10 Å². The van der Waals surface area contributed by atoms with Crippen molar-refractivity contribution in [3.8, 4) is 0 Å². The molecular weight excluding hydrogens is 206 g/mol. The lowest BCUT2D eigenvalue weighted by Crippen LogP contribution is -2.21. The van der Waals surface area contributed by atoms with Gasteiger partial charge in [-0.25, -0.2) is 0 Å². The third-order valence-corrected chi connectivity index (χ3v) is 3.99. The first-order valence-corrected chi connectivity index (χ1v) is 6.65. The zero-order chi connectivity index (χ0) is 10.5. The molecular formula is C12H19NOS. The average Bonchev–Trinajstić information content (AvgIpc) is 2.81. The van der Waals surface area contributed by atoms with Crippen molar-refractivity contribution in [2.75, 3.05) is 6.61 Å². The Labute approximate surface area is 95.4 Å². The Bertz CT molecular complexity index is 267. The van der Waals surface area contributed by atoms with Crippen LogP contribution < -0.4 is 5.73 Å². The minimum Gasteiger partial charge on any atom is -0.378 e. The summed E-state index contributed by atoms with van der Waals surface area (Å²) in [6.07, 6.45) is 6.39. The number of rotatable bonds is 4. The molecule has 1 aliphatic heterocycles. The number of ether oxygens (including phenoxy) is 1. The van der Waals surface area contributed by atoms with Gasteiger partial charge in [-0.3, -0.25) is 0 Å². The molecule has 15 heavy (non-hydrogen) atoms. The largest absolute Gasteiger partial charge is 0.378 e. The van der Waals surface area contributed by atoms with Gasteiger partial charge in [0.25, 0.3) is 0 Å². The van der Waals surface area contributed by atoms with Gasteiger partial charge in [0.2, 0.25) is 0 Å². The summed E-state index contributed by atoms with van der Waals surface area (Å²) in [6.45, 7) is 0.943. The van der Waals surface area contributed by atoms with E-state index >= 15 is 0 Å². The van der Waals surface area contributed by atoms with Crippen molar-refractivity contribution in [3.05, 3.63) is 22.4 Å². The van der Waals surface area contributed by atoms with E-state index in [1.165, 1.54) is 24.1 Å². The molecule has 1 saturated heterocycles. The smallest absolute Gasteiger partial charge is 0.0575 e. The molecule has 2 heterocycles. The van der Waals surface area contributed by atoms with Crippen molar-refractivity contribution in [1.82, 2.24) is 0 Å². The minimum atomic E-state index is 0.204. The third-order valence-electron chi connectivity index (χ3n) is 2.98. The number of hydrogen-bond acceptors (Lipinski definition) is 3. The lowest BCUT2D eigenvalue weighted by Gasteiger charge is -2.23. The third kappa shape index (κ3) is 3.30. The summed E-state index contributed by atoms with van der Waals surface area (Å²) < 4.78 is 5.69. The quantitative estimate of drug-likeness (QED) is 0.854. The van der Waals surface area contributed by atoms with Crippen LogP contribution in [-0.2, 0) is 4.74 Å². The van der Waals surface area contributed by atoms with Crippen LogP contribution in [0.25, 0.3) is 0 Å². The highest BCUT2D eigenvalue weighted by Gasteiger charge is 2.15. The van der Waals surface area contributed by atoms with Gasteiger partial charge in [-0.2, -0.15) is 0 Å². The van der Waals surface area contributed by atoms with Crippen LogP contribution in [0.4, 0.5) is 0 Å². The van der Waals surface area contributed by atoms with Gasteiger partial charge in [-0.15, -0.1) is 11.3 Å². The van der Waals surface area contributed by atoms with E-state index in [9.17, 15) is 0 Å². The molecule has 0 saturated carbocycles. The molecule has 2 nitrogen and oxygen atoms in total. The maximum absolute atomic E-state index is 6.11. The normalized spacial score (nSPS) is 23.9. The Hall–Kier alpha value is -0.380. The van der Waals surface area contributed by atoms with E-state index < -0.39 is 0 Å². The summed E-state index contributed by atoms with van der Waals surface area (Å²) in [7, 11) is 0. The fourth-order valence-corrected chi connectivity index (χ4v) is 2.81. The van der Waals surface area contributed by atoms with Crippen molar-refractivity contribution < 1.29 is 4.74 Å². The molecule has 0 amide bonds. The Morgan fingerprint density at radius 2 is 2.47 bits per heavy atom. The van der Waals surface area contributed by atoms with Gasteiger partial charge >= 0.3 is 0 Å². The molecule has 0 aliphatic carbocycles. The van der Waals surface area contributed by atoms with E-state index in [2.05, 4.69) is 17.5 Å². The number of nitrogens with two attached hydrogens (primary N) is 1. The monoisotopic (exact) mass is 225 g/mol. The van der Waals surface area contributed by atoms with Gasteiger partial charge in [-0.1, -0.05) is 6.07 Å². The summed E-state index contributed by atoms with van der Waals surface area (Å²) >= 11 is 1.75. The molecule has 0 bridgehead atoms. The van der Waals surface area contributed by atoms with E-state index in [-0.39, 0.29) is 6.04 Å². The van der Waals surface area contributed by atoms with Crippen LogP contribution >= 0.6 is 11.3 Å². The molecule has 1 fully saturated rings. The molecule has 0 spiro atoms. The predicted molar refractivity (Wildman–Crippen MR) is 64.1 cm³/mol. The molecule has 2 N–H and O–H groups in total. The van der Waals surface area contributed by atoms with Crippen molar-refractivity contribution in [3.63, 3.8) is 0 Å². The Morgan fingerprint density at radius 3 is 3.13 bits per heavy atom. The fourth-order valence-electron chi connectivity index (χ4n) is 2.05. The molecule has 2 atom stereocenters. The van der Waals surface area contributed by atoms with Gasteiger partial charge in [0.1, 0.15) is 0 Å². The average molecular weight is 225 g/mol.